The Hall–Kier alpha value is -3.55. The molecule has 142 valence electrons. The molecule has 0 heterocycles. The largest absolute Gasteiger partial charge is 0.397 e. The Labute approximate surface area is 157 Å². The average molecular weight is 369 g/mol. The van der Waals surface area contributed by atoms with Crippen LogP contribution in [-0.4, -0.2) is 30.9 Å². The second-order valence-corrected chi connectivity index (χ2v) is 5.83. The lowest BCUT2D eigenvalue weighted by molar-refractivity contribution is -0.118. The van der Waals surface area contributed by atoms with E-state index in [0.717, 1.165) is 5.56 Å². The Balaban J connectivity index is 1.79. The van der Waals surface area contributed by atoms with E-state index in [1.54, 1.807) is 48.5 Å². The first kappa shape index (κ1) is 19.8. The van der Waals surface area contributed by atoms with Gasteiger partial charge in [-0.05, 0) is 29.8 Å². The average Bonchev–Trinajstić information content (AvgIpc) is 2.65. The van der Waals surface area contributed by atoms with Crippen molar-refractivity contribution in [2.24, 2.45) is 0 Å². The van der Waals surface area contributed by atoms with Crippen molar-refractivity contribution < 1.29 is 14.4 Å². The first-order chi connectivity index (χ1) is 13.0. The lowest BCUT2D eigenvalue weighted by Crippen LogP contribution is -2.39. The number of nitrogens with two attached hydrogens (primary N) is 1. The predicted octanol–water partition coefficient (Wildman–Crippen LogP) is 1.46. The second kappa shape index (κ2) is 9.81. The molecule has 2 aromatic carbocycles. The lowest BCUT2D eigenvalue weighted by Gasteiger charge is -2.10. The summed E-state index contributed by atoms with van der Waals surface area (Å²) < 4.78 is 0. The molecule has 2 aromatic rings. The van der Waals surface area contributed by atoms with Crippen LogP contribution >= 0.6 is 0 Å². The van der Waals surface area contributed by atoms with E-state index in [4.69, 9.17) is 5.73 Å². The number of urea groups is 1. The van der Waals surface area contributed by atoms with Gasteiger partial charge in [-0.3, -0.25) is 9.59 Å². The Morgan fingerprint density at radius 2 is 1.56 bits per heavy atom. The number of benzene rings is 2. The number of hydrogen-bond donors (Lipinski definition) is 5. The first-order valence-electron chi connectivity index (χ1n) is 8.46. The van der Waals surface area contributed by atoms with Crippen LogP contribution in [0.3, 0.4) is 0 Å². The van der Waals surface area contributed by atoms with Crippen molar-refractivity contribution >= 4 is 29.2 Å². The molecule has 8 heteroatoms. The van der Waals surface area contributed by atoms with E-state index in [1.807, 2.05) is 0 Å². The number of nitrogens with one attached hydrogen (secondary N) is 4. The molecular formula is C19H23N5O3. The minimum atomic E-state index is -0.332. The zero-order chi connectivity index (χ0) is 19.6. The highest BCUT2D eigenvalue weighted by Crippen LogP contribution is 2.18. The number of para-hydroxylation sites is 2. The fourth-order valence-corrected chi connectivity index (χ4v) is 2.24. The van der Waals surface area contributed by atoms with Crippen LogP contribution in [0.4, 0.5) is 16.2 Å². The van der Waals surface area contributed by atoms with Crippen molar-refractivity contribution in [1.82, 2.24) is 16.0 Å². The lowest BCUT2D eigenvalue weighted by atomic mass is 10.1. The molecule has 27 heavy (non-hydrogen) atoms. The van der Waals surface area contributed by atoms with E-state index < -0.39 is 0 Å². The molecule has 0 aliphatic rings. The third-order valence-electron chi connectivity index (χ3n) is 3.66. The molecule has 0 aliphatic heterocycles. The molecule has 4 amide bonds. The maximum Gasteiger partial charge on any atom is 0.315 e. The van der Waals surface area contributed by atoms with Crippen LogP contribution in [0.25, 0.3) is 0 Å². The molecule has 0 saturated heterocycles. The van der Waals surface area contributed by atoms with Gasteiger partial charge in [-0.2, -0.15) is 0 Å². The summed E-state index contributed by atoms with van der Waals surface area (Å²) >= 11 is 0. The molecule has 0 unspecified atom stereocenters. The van der Waals surface area contributed by atoms with Gasteiger partial charge in [0, 0.05) is 32.1 Å². The molecule has 6 N–H and O–H groups in total. The summed E-state index contributed by atoms with van der Waals surface area (Å²) in [6, 6.07) is 13.6. The molecule has 2 rings (SSSR count). The number of anilines is 2. The molecule has 8 nitrogen and oxygen atoms in total. The fraction of sp³-hybridized carbons (Fsp3) is 0.211. The van der Waals surface area contributed by atoms with E-state index in [-0.39, 0.29) is 17.8 Å². The Kier molecular flexibility index (Phi) is 7.18. The number of carbonyl (C=O) groups is 3. The normalized spacial score (nSPS) is 9.96. The quantitative estimate of drug-likeness (QED) is 0.374. The zero-order valence-electron chi connectivity index (χ0n) is 15.0. The van der Waals surface area contributed by atoms with Crippen molar-refractivity contribution in [3.8, 4) is 0 Å². The summed E-state index contributed by atoms with van der Waals surface area (Å²) in [6.45, 7) is 2.45. The van der Waals surface area contributed by atoms with Gasteiger partial charge in [-0.15, -0.1) is 0 Å². The maximum absolute atomic E-state index is 12.3. The van der Waals surface area contributed by atoms with Crippen LogP contribution in [0.2, 0.25) is 0 Å². The Morgan fingerprint density at radius 1 is 0.889 bits per heavy atom. The smallest absolute Gasteiger partial charge is 0.315 e. The number of carbonyl (C=O) groups excluding carboxylic acids is 3. The number of amides is 4. The van der Waals surface area contributed by atoms with Crippen LogP contribution in [0.15, 0.2) is 48.5 Å². The van der Waals surface area contributed by atoms with E-state index in [1.165, 1.54) is 6.92 Å². The number of rotatable bonds is 7. The van der Waals surface area contributed by atoms with Crippen molar-refractivity contribution in [3.05, 3.63) is 59.7 Å². The van der Waals surface area contributed by atoms with Gasteiger partial charge in [0.05, 0.1) is 11.4 Å². The van der Waals surface area contributed by atoms with E-state index in [2.05, 4.69) is 21.3 Å². The topological polar surface area (TPSA) is 125 Å². The Bertz CT molecular complexity index is 805. The van der Waals surface area contributed by atoms with Crippen molar-refractivity contribution in [3.63, 3.8) is 0 Å². The SMILES string of the molecule is CC(=O)NCCNC(=O)NCc1ccc(C(=O)Nc2ccccc2N)cc1. The molecule has 0 fully saturated rings. The van der Waals surface area contributed by atoms with Crippen LogP contribution in [0.5, 0.6) is 0 Å². The van der Waals surface area contributed by atoms with Crippen molar-refractivity contribution in [1.29, 1.82) is 0 Å². The van der Waals surface area contributed by atoms with Gasteiger partial charge < -0.3 is 27.0 Å². The molecule has 0 bridgehead atoms. The van der Waals surface area contributed by atoms with Gasteiger partial charge in [-0.25, -0.2) is 4.79 Å². The molecule has 0 spiro atoms. The molecule has 0 saturated carbocycles. The summed E-state index contributed by atoms with van der Waals surface area (Å²) in [5.74, 6) is -0.403. The van der Waals surface area contributed by atoms with Gasteiger partial charge in [0.15, 0.2) is 0 Å². The predicted molar refractivity (Wildman–Crippen MR) is 104 cm³/mol. The van der Waals surface area contributed by atoms with Crippen LogP contribution < -0.4 is 27.0 Å². The highest BCUT2D eigenvalue weighted by Gasteiger charge is 2.08. The number of nitrogen functional groups attached to an aromatic ring is 1. The molecule has 0 aromatic heterocycles. The molecule has 0 atom stereocenters. The summed E-state index contributed by atoms with van der Waals surface area (Å²) in [6.07, 6.45) is 0. The monoisotopic (exact) mass is 369 g/mol. The number of hydrogen-bond acceptors (Lipinski definition) is 4. The van der Waals surface area contributed by atoms with Gasteiger partial charge in [0.25, 0.3) is 5.91 Å². The third-order valence-corrected chi connectivity index (χ3v) is 3.66. The fourth-order valence-electron chi connectivity index (χ4n) is 2.24. The van der Waals surface area contributed by atoms with Gasteiger partial charge in [0.1, 0.15) is 0 Å². The van der Waals surface area contributed by atoms with Gasteiger partial charge in [-0.1, -0.05) is 24.3 Å². The van der Waals surface area contributed by atoms with Gasteiger partial charge in [0.2, 0.25) is 5.91 Å². The minimum absolute atomic E-state index is 0.142. The molecule has 0 radical (unpaired) electrons. The van der Waals surface area contributed by atoms with Crippen molar-refractivity contribution in [2.75, 3.05) is 24.1 Å². The van der Waals surface area contributed by atoms with Crippen LogP contribution in [0, 0.1) is 0 Å². The first-order valence-corrected chi connectivity index (χ1v) is 8.46. The van der Waals surface area contributed by atoms with E-state index in [0.29, 0.717) is 36.6 Å². The third kappa shape index (κ3) is 6.69. The van der Waals surface area contributed by atoms with Crippen molar-refractivity contribution in [2.45, 2.75) is 13.5 Å². The van der Waals surface area contributed by atoms with E-state index in [9.17, 15) is 14.4 Å². The molecular weight excluding hydrogens is 346 g/mol. The highest BCUT2D eigenvalue weighted by atomic mass is 16.2. The zero-order valence-corrected chi connectivity index (χ0v) is 15.0. The minimum Gasteiger partial charge on any atom is -0.397 e. The van der Waals surface area contributed by atoms with Gasteiger partial charge >= 0.3 is 6.03 Å². The van der Waals surface area contributed by atoms with E-state index >= 15 is 0 Å². The Morgan fingerprint density at radius 3 is 2.22 bits per heavy atom. The second-order valence-electron chi connectivity index (χ2n) is 5.83. The highest BCUT2D eigenvalue weighted by molar-refractivity contribution is 6.05. The standard InChI is InChI=1S/C19H23N5O3/c1-13(25)21-10-11-22-19(27)23-12-14-6-8-15(9-7-14)18(26)24-17-5-3-2-4-16(17)20/h2-9H,10-12,20H2,1H3,(H,21,25)(H,24,26)(H2,22,23,27). The summed E-state index contributed by atoms with van der Waals surface area (Å²) in [5.41, 5.74) is 8.21. The maximum atomic E-state index is 12.3. The summed E-state index contributed by atoms with van der Waals surface area (Å²) in [7, 11) is 0. The molecule has 0 aliphatic carbocycles. The summed E-state index contributed by atoms with van der Waals surface area (Å²) in [5, 5.41) is 10.7. The van der Waals surface area contributed by atoms with Crippen LogP contribution in [-0.2, 0) is 11.3 Å². The summed E-state index contributed by atoms with van der Waals surface area (Å²) in [4.78, 5) is 34.6. The van der Waals surface area contributed by atoms with Crippen LogP contribution in [0.1, 0.15) is 22.8 Å².